The molecule has 9 heteroatoms. The fourth-order valence-corrected chi connectivity index (χ4v) is 3.03. The van der Waals surface area contributed by atoms with Crippen LogP contribution in [0.25, 0.3) is 0 Å². The highest BCUT2D eigenvalue weighted by atomic mass is 16.4. The number of carbonyl (C=O) groups excluding carboxylic acids is 2. The number of piperidine rings is 1. The number of likely N-dealkylation sites (N-methyl/N-ethyl adjacent to an activating group) is 1. The largest absolute Gasteiger partial charge is 0.481 e. The lowest BCUT2D eigenvalue weighted by atomic mass is 9.92. The van der Waals surface area contributed by atoms with Crippen molar-refractivity contribution in [3.05, 3.63) is 0 Å². The van der Waals surface area contributed by atoms with E-state index in [1.807, 2.05) is 0 Å². The monoisotopic (exact) mass is 371 g/mol. The second-order valence-corrected chi connectivity index (χ2v) is 6.55. The third-order valence-corrected chi connectivity index (χ3v) is 4.54. The summed E-state index contributed by atoms with van der Waals surface area (Å²) in [5.41, 5.74) is 0. The van der Waals surface area contributed by atoms with Gasteiger partial charge in [-0.1, -0.05) is 0 Å². The van der Waals surface area contributed by atoms with Crippen LogP contribution in [0.5, 0.6) is 0 Å². The normalized spacial score (nSPS) is 15.9. The van der Waals surface area contributed by atoms with Crippen LogP contribution in [0.4, 0.5) is 0 Å². The van der Waals surface area contributed by atoms with E-state index in [4.69, 9.17) is 10.2 Å². The molecule has 0 bridgehead atoms. The van der Waals surface area contributed by atoms with Crippen molar-refractivity contribution in [2.75, 3.05) is 26.2 Å². The van der Waals surface area contributed by atoms with Crippen molar-refractivity contribution in [1.29, 1.82) is 0 Å². The minimum atomic E-state index is -1.51. The van der Waals surface area contributed by atoms with E-state index in [0.29, 0.717) is 18.9 Å². The second-order valence-electron chi connectivity index (χ2n) is 6.55. The maximum atomic E-state index is 12.3. The Labute approximate surface area is 153 Å². The molecule has 26 heavy (non-hydrogen) atoms. The molecule has 0 spiro atoms. The molecule has 1 unspecified atom stereocenters. The fourth-order valence-electron chi connectivity index (χ4n) is 3.03. The van der Waals surface area contributed by atoms with Gasteiger partial charge in [-0.05, 0) is 51.6 Å². The van der Waals surface area contributed by atoms with Crippen LogP contribution in [0.3, 0.4) is 0 Å². The molecule has 1 heterocycles. The molecule has 0 aromatic heterocycles. The third kappa shape index (κ3) is 8.28. The molecule has 1 aliphatic heterocycles. The maximum Gasteiger partial charge on any atom is 0.326 e. The summed E-state index contributed by atoms with van der Waals surface area (Å²) in [5, 5.41) is 23.1. The Kier molecular flexibility index (Phi) is 9.64. The number of carboxylic acids is 2. The summed E-state index contributed by atoms with van der Waals surface area (Å²) < 4.78 is 0. The van der Waals surface area contributed by atoms with Crippen molar-refractivity contribution in [3.63, 3.8) is 0 Å². The van der Waals surface area contributed by atoms with Crippen LogP contribution in [0.15, 0.2) is 0 Å². The van der Waals surface area contributed by atoms with E-state index in [1.54, 1.807) is 6.92 Å². The molecule has 0 aromatic rings. The highest BCUT2D eigenvalue weighted by Gasteiger charge is 2.24. The molecule has 0 aliphatic carbocycles. The summed E-state index contributed by atoms with van der Waals surface area (Å²) >= 11 is 0. The first kappa shape index (κ1) is 21.9. The first-order chi connectivity index (χ1) is 12.3. The molecule has 1 aliphatic rings. The molecule has 1 saturated heterocycles. The van der Waals surface area contributed by atoms with E-state index in [9.17, 15) is 19.2 Å². The van der Waals surface area contributed by atoms with Gasteiger partial charge in [-0.25, -0.2) is 4.79 Å². The van der Waals surface area contributed by atoms with Crippen LogP contribution in [0, 0.1) is 5.92 Å². The van der Waals surface area contributed by atoms with E-state index < -0.39 is 30.3 Å². The van der Waals surface area contributed by atoms with Gasteiger partial charge in [-0.2, -0.15) is 0 Å². The zero-order chi connectivity index (χ0) is 19.5. The lowest BCUT2D eigenvalue weighted by molar-refractivity contribution is -0.147. The van der Waals surface area contributed by atoms with Crippen LogP contribution in [-0.2, 0) is 19.2 Å². The molecule has 2 amide bonds. The van der Waals surface area contributed by atoms with E-state index in [1.165, 1.54) is 4.90 Å². The molecule has 0 radical (unpaired) electrons. The molecular formula is C17H29N3O6. The number of hydrogen-bond acceptors (Lipinski definition) is 5. The van der Waals surface area contributed by atoms with E-state index in [2.05, 4.69) is 10.6 Å². The average molecular weight is 371 g/mol. The molecule has 148 valence electrons. The first-order valence-electron chi connectivity index (χ1n) is 9.05. The molecule has 4 N–H and O–H groups in total. The van der Waals surface area contributed by atoms with Crippen LogP contribution < -0.4 is 10.6 Å². The number of rotatable bonds is 11. The van der Waals surface area contributed by atoms with Crippen LogP contribution in [-0.4, -0.2) is 71.1 Å². The predicted octanol–water partition coefficient (Wildman–Crippen LogP) is 0.0489. The van der Waals surface area contributed by atoms with Crippen molar-refractivity contribution >= 4 is 23.8 Å². The summed E-state index contributed by atoms with van der Waals surface area (Å²) in [6.45, 7) is 3.83. The Morgan fingerprint density at radius 3 is 2.38 bits per heavy atom. The van der Waals surface area contributed by atoms with E-state index in [0.717, 1.165) is 38.8 Å². The lowest BCUT2D eigenvalue weighted by Gasteiger charge is -2.24. The Morgan fingerprint density at radius 1 is 1.19 bits per heavy atom. The average Bonchev–Trinajstić information content (AvgIpc) is 2.59. The van der Waals surface area contributed by atoms with Crippen LogP contribution >= 0.6 is 0 Å². The van der Waals surface area contributed by atoms with Gasteiger partial charge in [0.15, 0.2) is 0 Å². The molecule has 1 rings (SSSR count). The third-order valence-electron chi connectivity index (χ3n) is 4.54. The number of aliphatic carboxylic acids is 2. The Balaban J connectivity index is 2.40. The Hall–Kier alpha value is -2.16. The standard InChI is InChI=1S/C17H29N3O6/c1-2-20(11-14(21)19-13(17(25)26)10-16(23)24)15(22)5-3-4-12-6-8-18-9-7-12/h12-13,18H,2-11H2,1H3,(H,19,21)(H,23,24)(H,25,26). The smallest absolute Gasteiger partial charge is 0.326 e. The number of amides is 2. The maximum absolute atomic E-state index is 12.3. The summed E-state index contributed by atoms with van der Waals surface area (Å²) in [7, 11) is 0. The molecule has 1 fully saturated rings. The first-order valence-corrected chi connectivity index (χ1v) is 9.05. The molecule has 0 aromatic carbocycles. The fraction of sp³-hybridized carbons (Fsp3) is 0.765. The lowest BCUT2D eigenvalue weighted by Crippen LogP contribution is -2.47. The number of carbonyl (C=O) groups is 4. The Bertz CT molecular complexity index is 505. The minimum absolute atomic E-state index is 0.151. The zero-order valence-corrected chi connectivity index (χ0v) is 15.2. The highest BCUT2D eigenvalue weighted by Crippen LogP contribution is 2.19. The number of nitrogens with one attached hydrogen (secondary N) is 2. The zero-order valence-electron chi connectivity index (χ0n) is 15.2. The van der Waals surface area contributed by atoms with Gasteiger partial charge < -0.3 is 25.7 Å². The van der Waals surface area contributed by atoms with Crippen LogP contribution in [0.2, 0.25) is 0 Å². The van der Waals surface area contributed by atoms with Crippen molar-refractivity contribution < 1.29 is 29.4 Å². The summed E-state index contributed by atoms with van der Waals surface area (Å²) in [4.78, 5) is 47.2. The van der Waals surface area contributed by atoms with E-state index >= 15 is 0 Å². The van der Waals surface area contributed by atoms with Crippen LogP contribution in [0.1, 0.15) is 45.4 Å². The topological polar surface area (TPSA) is 136 Å². The summed E-state index contributed by atoms with van der Waals surface area (Å²) in [6.07, 6.45) is 3.62. The van der Waals surface area contributed by atoms with Gasteiger partial charge in [0, 0.05) is 13.0 Å². The second kappa shape index (κ2) is 11.5. The van der Waals surface area contributed by atoms with Gasteiger partial charge in [0.1, 0.15) is 6.04 Å². The molecule has 0 saturated carbocycles. The van der Waals surface area contributed by atoms with Gasteiger partial charge in [-0.3, -0.25) is 14.4 Å². The summed E-state index contributed by atoms with van der Waals surface area (Å²) in [5.74, 6) is -2.93. The predicted molar refractivity (Wildman–Crippen MR) is 93.5 cm³/mol. The van der Waals surface area contributed by atoms with E-state index in [-0.39, 0.29) is 12.5 Å². The number of hydrogen-bond donors (Lipinski definition) is 4. The minimum Gasteiger partial charge on any atom is -0.481 e. The van der Waals surface area contributed by atoms with Crippen molar-refractivity contribution in [2.24, 2.45) is 5.92 Å². The van der Waals surface area contributed by atoms with Gasteiger partial charge in [0.2, 0.25) is 11.8 Å². The van der Waals surface area contributed by atoms with Crippen molar-refractivity contribution in [2.45, 2.75) is 51.5 Å². The molecule has 9 nitrogen and oxygen atoms in total. The van der Waals surface area contributed by atoms with Gasteiger partial charge in [0.05, 0.1) is 13.0 Å². The van der Waals surface area contributed by atoms with Gasteiger partial charge >= 0.3 is 11.9 Å². The van der Waals surface area contributed by atoms with Gasteiger partial charge in [-0.15, -0.1) is 0 Å². The number of carboxylic acid groups (broad SMARTS) is 2. The van der Waals surface area contributed by atoms with Crippen molar-refractivity contribution in [1.82, 2.24) is 15.5 Å². The molecular weight excluding hydrogens is 342 g/mol. The SMILES string of the molecule is CCN(CC(=O)NC(CC(=O)O)C(=O)O)C(=O)CCCC1CCNCC1. The Morgan fingerprint density at radius 2 is 1.85 bits per heavy atom. The van der Waals surface area contributed by atoms with Crippen molar-refractivity contribution in [3.8, 4) is 0 Å². The highest BCUT2D eigenvalue weighted by molar-refractivity contribution is 5.89. The quantitative estimate of drug-likeness (QED) is 0.403. The summed E-state index contributed by atoms with van der Waals surface area (Å²) in [6, 6.07) is -1.51. The molecule has 1 atom stereocenters. The number of nitrogens with zero attached hydrogens (tertiary/aromatic N) is 1. The van der Waals surface area contributed by atoms with Gasteiger partial charge in [0.25, 0.3) is 0 Å².